The van der Waals surface area contributed by atoms with Crippen molar-refractivity contribution < 1.29 is 56.3 Å². The molecule has 6 N–H and O–H groups in total. The van der Waals surface area contributed by atoms with Crippen LogP contribution < -0.4 is 11.2 Å². The second kappa shape index (κ2) is 25.8. The quantitative estimate of drug-likeness (QED) is 0.124. The van der Waals surface area contributed by atoms with Gasteiger partial charge in [0.15, 0.2) is 0 Å². The first-order valence-electron chi connectivity index (χ1n) is 16.7. The number of aromatic nitrogens is 2. The smallest absolute Gasteiger partial charge is 0.390 e. The number of aliphatic hydroxyl groups excluding tert-OH is 1. The van der Waals surface area contributed by atoms with Crippen LogP contribution in [0.4, 0.5) is 0 Å². The highest BCUT2D eigenvalue weighted by molar-refractivity contribution is 7.66. The molecule has 5 atom stereocenters. The number of hydrogen-bond acceptors (Lipinski definition) is 13. The second-order valence-electron chi connectivity index (χ2n) is 10.7. The van der Waals surface area contributed by atoms with E-state index in [1.165, 1.54) is 72.0 Å². The number of rotatable bonds is 17. The first-order chi connectivity index (χ1) is 23.1. The summed E-state index contributed by atoms with van der Waals surface area (Å²) in [5.41, 5.74) is -1.26. The zero-order valence-corrected chi connectivity index (χ0v) is 33.8. The minimum Gasteiger partial charge on any atom is -0.390 e. The lowest BCUT2D eigenvalue weighted by Gasteiger charge is -2.19. The number of aliphatic hydroxyl groups is 1. The minimum absolute atomic E-state index is 0.171. The number of H-pyrrole nitrogens is 1. The molecule has 1 saturated heterocycles. The molecular weight excluding hydrogens is 723 g/mol. The third kappa shape index (κ3) is 22.1. The third-order valence-corrected chi connectivity index (χ3v) is 11.3. The number of aryl methyl sites for hydroxylation is 1. The molecule has 1 aromatic rings. The van der Waals surface area contributed by atoms with E-state index in [1.807, 2.05) is 4.98 Å². The summed E-state index contributed by atoms with van der Waals surface area (Å²) in [6, 6.07) is 0. The summed E-state index contributed by atoms with van der Waals surface area (Å²) in [4.78, 5) is 67.8. The van der Waals surface area contributed by atoms with Crippen molar-refractivity contribution in [1.82, 2.24) is 24.3 Å². The first-order valence-corrected chi connectivity index (χ1v) is 21.3. The van der Waals surface area contributed by atoms with E-state index in [1.54, 1.807) is 0 Å². The van der Waals surface area contributed by atoms with Gasteiger partial charge in [-0.2, -0.15) is 8.62 Å². The molecule has 2 unspecified atom stereocenters. The average molecular weight is 786 g/mol. The van der Waals surface area contributed by atoms with Gasteiger partial charge >= 0.3 is 29.2 Å². The fourth-order valence-electron chi connectivity index (χ4n) is 4.32. The summed E-state index contributed by atoms with van der Waals surface area (Å²) in [6.45, 7) is 30.9. The lowest BCUT2D eigenvalue weighted by molar-refractivity contribution is -0.0450. The number of aromatic amines is 1. The van der Waals surface area contributed by atoms with Gasteiger partial charge in [-0.05, 0) is 65.8 Å². The number of ether oxygens (including phenoxy) is 1. The molecule has 1 fully saturated rings. The van der Waals surface area contributed by atoms with Crippen molar-refractivity contribution in [2.45, 2.75) is 94.1 Å². The molecule has 0 radical (unpaired) electrons. The number of phosphoric acid groups is 3. The Balaban J connectivity index is 0. The van der Waals surface area contributed by atoms with E-state index in [4.69, 9.17) is 19.4 Å². The molecule has 50 heavy (non-hydrogen) atoms. The van der Waals surface area contributed by atoms with Crippen molar-refractivity contribution in [3.8, 4) is 0 Å². The predicted molar refractivity (Wildman–Crippen MR) is 191 cm³/mol. The molecule has 0 amide bonds. The topological polar surface area (TPSA) is 254 Å². The Morgan fingerprint density at radius 3 is 1.50 bits per heavy atom. The van der Waals surface area contributed by atoms with Gasteiger partial charge in [-0.3, -0.25) is 18.9 Å². The van der Waals surface area contributed by atoms with Crippen LogP contribution in [0.5, 0.6) is 0 Å². The molecule has 22 heteroatoms. The molecule has 1 aliphatic rings. The van der Waals surface area contributed by atoms with Gasteiger partial charge in [0, 0.05) is 18.2 Å². The molecule has 0 aromatic carbocycles. The van der Waals surface area contributed by atoms with Crippen molar-refractivity contribution >= 4 is 23.5 Å². The Kier molecular flexibility index (Phi) is 26.3. The Bertz CT molecular complexity index is 1270. The summed E-state index contributed by atoms with van der Waals surface area (Å²) in [5.74, 6) is 0. The zero-order valence-electron chi connectivity index (χ0n) is 31.1. The fraction of sp³-hybridized carbons (Fsp3) is 0.857. The SMILES string of the molecule is CCN(CC)CC.CCN(CC)CC.CCN(CC)CC.Cc1cn([C@H]2C[C@H](O)[C@@H](COP(=O)(O)OP(=O)(O)OP(=O)(O)O)O2)c(=O)[nH]c1=O. The maximum Gasteiger partial charge on any atom is 0.490 e. The Morgan fingerprint density at radius 1 is 0.760 bits per heavy atom. The van der Waals surface area contributed by atoms with Crippen molar-refractivity contribution in [3.63, 3.8) is 0 Å². The normalized spacial score (nSPS) is 19.8. The van der Waals surface area contributed by atoms with Crippen LogP contribution in [0.1, 0.15) is 80.5 Å². The van der Waals surface area contributed by atoms with Crippen LogP contribution in [-0.4, -0.2) is 127 Å². The van der Waals surface area contributed by atoms with Gasteiger partial charge in [0.2, 0.25) is 0 Å². The van der Waals surface area contributed by atoms with Gasteiger partial charge in [-0.15, -0.1) is 0 Å². The van der Waals surface area contributed by atoms with E-state index in [-0.39, 0.29) is 12.0 Å². The molecule has 0 aliphatic carbocycles. The summed E-state index contributed by atoms with van der Waals surface area (Å²) >= 11 is 0. The molecule has 1 aliphatic heterocycles. The Morgan fingerprint density at radius 2 is 1.16 bits per heavy atom. The van der Waals surface area contributed by atoms with Crippen molar-refractivity contribution in [1.29, 1.82) is 0 Å². The molecule has 0 saturated carbocycles. The van der Waals surface area contributed by atoms with E-state index in [2.05, 4.69) is 90.2 Å². The van der Waals surface area contributed by atoms with Gasteiger partial charge in [0.25, 0.3) is 5.56 Å². The standard InChI is InChI=1S/C10H17N2O14P3.3C6H15N/c1-5-3-12(10(15)11-9(5)14)8-2-6(13)7(24-8)4-23-28(19,20)26-29(21,22)25-27(16,17)18;3*1-4-7(5-2)6-3/h3,6-8,13H,2,4H2,1H3,(H,19,20)(H,21,22)(H,11,14,15)(H2,16,17,18);3*4-6H2,1-3H3/t6-,7+,8+;;;/m0.../s1. The number of phosphoric ester groups is 1. The van der Waals surface area contributed by atoms with Crippen molar-refractivity contribution in [2.75, 3.05) is 65.5 Å². The van der Waals surface area contributed by atoms with Gasteiger partial charge in [0.05, 0.1) is 12.7 Å². The van der Waals surface area contributed by atoms with Crippen LogP contribution in [0.2, 0.25) is 0 Å². The van der Waals surface area contributed by atoms with Gasteiger partial charge in [-0.25, -0.2) is 18.5 Å². The number of nitrogens with one attached hydrogen (secondary N) is 1. The summed E-state index contributed by atoms with van der Waals surface area (Å²) < 4.78 is 51.3. The fourth-order valence-corrected chi connectivity index (χ4v) is 7.35. The molecule has 0 bridgehead atoms. The van der Waals surface area contributed by atoms with E-state index >= 15 is 0 Å². The second-order valence-corrected chi connectivity index (χ2v) is 15.1. The third-order valence-electron chi connectivity index (χ3n) is 7.50. The van der Waals surface area contributed by atoms with E-state index in [0.29, 0.717) is 0 Å². The number of hydrogen-bond donors (Lipinski definition) is 6. The predicted octanol–water partition coefficient (Wildman–Crippen LogP) is 2.88. The van der Waals surface area contributed by atoms with Crippen LogP contribution in [0.3, 0.4) is 0 Å². The maximum atomic E-state index is 11.9. The lowest BCUT2D eigenvalue weighted by atomic mass is 10.2. The monoisotopic (exact) mass is 785 g/mol. The molecule has 1 aromatic heterocycles. The maximum absolute atomic E-state index is 11.9. The molecule has 2 heterocycles. The molecule has 0 spiro atoms. The highest BCUT2D eigenvalue weighted by Crippen LogP contribution is 2.66. The van der Waals surface area contributed by atoms with Crippen molar-refractivity contribution in [2.24, 2.45) is 0 Å². The van der Waals surface area contributed by atoms with Gasteiger partial charge in [0.1, 0.15) is 12.3 Å². The average Bonchev–Trinajstić information content (AvgIpc) is 3.39. The largest absolute Gasteiger partial charge is 0.490 e. The van der Waals surface area contributed by atoms with Gasteiger partial charge in [-0.1, -0.05) is 62.3 Å². The summed E-state index contributed by atoms with van der Waals surface area (Å²) in [6.07, 6.45) is -2.67. The first kappa shape index (κ1) is 51.0. The summed E-state index contributed by atoms with van der Waals surface area (Å²) in [5, 5.41) is 9.98. The molecular formula is C28H62N5O14P3. The van der Waals surface area contributed by atoms with E-state index in [0.717, 1.165) is 4.57 Å². The Labute approximate surface area is 296 Å². The Hall–Kier alpha value is -1.11. The zero-order chi connectivity index (χ0) is 39.3. The molecule has 298 valence electrons. The van der Waals surface area contributed by atoms with E-state index < -0.39 is 59.8 Å². The van der Waals surface area contributed by atoms with Crippen LogP contribution in [0, 0.1) is 6.92 Å². The number of nitrogens with zero attached hydrogens (tertiary/aromatic N) is 4. The molecule has 2 rings (SSSR count). The van der Waals surface area contributed by atoms with Crippen LogP contribution in [-0.2, 0) is 31.6 Å². The van der Waals surface area contributed by atoms with Crippen LogP contribution in [0.15, 0.2) is 15.8 Å². The summed E-state index contributed by atoms with van der Waals surface area (Å²) in [7, 11) is -16.6. The van der Waals surface area contributed by atoms with Crippen LogP contribution >= 0.6 is 23.5 Å². The van der Waals surface area contributed by atoms with Crippen molar-refractivity contribution in [3.05, 3.63) is 32.6 Å². The van der Waals surface area contributed by atoms with E-state index in [9.17, 15) is 33.3 Å². The van der Waals surface area contributed by atoms with Gasteiger partial charge < -0.3 is 44.1 Å². The lowest BCUT2D eigenvalue weighted by Crippen LogP contribution is -2.33. The van der Waals surface area contributed by atoms with Crippen LogP contribution in [0.25, 0.3) is 0 Å². The molecule has 19 nitrogen and oxygen atoms in total. The highest BCUT2D eigenvalue weighted by atomic mass is 31.3. The highest BCUT2D eigenvalue weighted by Gasteiger charge is 2.43. The minimum atomic E-state index is -5.67.